The highest BCUT2D eigenvalue weighted by atomic mass is 31.1. The minimum Gasteiger partial charge on any atom is -0.382 e. The quantitative estimate of drug-likeness (QED) is 0.788. The highest BCUT2D eigenvalue weighted by Gasteiger charge is 2.48. The van der Waals surface area contributed by atoms with E-state index in [2.05, 4.69) is 0 Å². The fraction of sp³-hybridized carbons (Fsp3) is 0.571. The average molecular weight is 286 g/mol. The Morgan fingerprint density at radius 3 is 2.26 bits per heavy atom. The average Bonchev–Trinajstić information content (AvgIpc) is 2.37. The Labute approximate surface area is 115 Å². The SMILES string of the molecule is CCC(C)(O[PH](=O)O)C(O)(CC)c1ccccc1C. The largest absolute Gasteiger partial charge is 0.382 e. The first-order valence-corrected chi connectivity index (χ1v) is 7.77. The predicted molar refractivity (Wildman–Crippen MR) is 76.4 cm³/mol. The summed E-state index contributed by atoms with van der Waals surface area (Å²) in [5.74, 6) is 0. The zero-order chi connectivity index (χ0) is 14.7. The summed E-state index contributed by atoms with van der Waals surface area (Å²) in [7, 11) is -3.13. The Morgan fingerprint density at radius 1 is 1.26 bits per heavy atom. The van der Waals surface area contributed by atoms with Crippen molar-refractivity contribution in [1.82, 2.24) is 0 Å². The van der Waals surface area contributed by atoms with Gasteiger partial charge in [-0.3, -0.25) is 4.57 Å². The standard InChI is InChI=1S/C14H23O4P/c1-5-13(4,18-19(16)17)14(15,6-2)12-10-8-7-9-11(12)3/h7-10,15,19H,5-6H2,1-4H3,(H,16,17). The van der Waals surface area contributed by atoms with Crippen LogP contribution in [0.5, 0.6) is 0 Å². The lowest BCUT2D eigenvalue weighted by atomic mass is 9.74. The molecule has 0 saturated heterocycles. The molecule has 0 saturated carbocycles. The van der Waals surface area contributed by atoms with Gasteiger partial charge in [-0.1, -0.05) is 38.1 Å². The maximum atomic E-state index is 11.1. The first kappa shape index (κ1) is 16.4. The van der Waals surface area contributed by atoms with E-state index in [0.29, 0.717) is 12.8 Å². The van der Waals surface area contributed by atoms with E-state index < -0.39 is 19.5 Å². The van der Waals surface area contributed by atoms with Crippen molar-refractivity contribution < 1.29 is 19.1 Å². The molecule has 0 spiro atoms. The van der Waals surface area contributed by atoms with Gasteiger partial charge in [0, 0.05) is 0 Å². The lowest BCUT2D eigenvalue weighted by Crippen LogP contribution is -2.50. The van der Waals surface area contributed by atoms with Crippen LogP contribution in [0.1, 0.15) is 44.7 Å². The van der Waals surface area contributed by atoms with Gasteiger partial charge in [0.15, 0.2) is 0 Å². The van der Waals surface area contributed by atoms with Gasteiger partial charge < -0.3 is 14.5 Å². The zero-order valence-electron chi connectivity index (χ0n) is 11.9. The van der Waals surface area contributed by atoms with Crippen LogP contribution in [0.25, 0.3) is 0 Å². The monoisotopic (exact) mass is 286 g/mol. The topological polar surface area (TPSA) is 66.8 Å². The van der Waals surface area contributed by atoms with Crippen LogP contribution in [0.2, 0.25) is 0 Å². The first-order chi connectivity index (χ1) is 8.80. The molecule has 4 nitrogen and oxygen atoms in total. The summed E-state index contributed by atoms with van der Waals surface area (Å²) < 4.78 is 16.3. The van der Waals surface area contributed by atoms with Crippen molar-refractivity contribution in [2.24, 2.45) is 0 Å². The van der Waals surface area contributed by atoms with Gasteiger partial charge in [-0.05, 0) is 37.8 Å². The van der Waals surface area contributed by atoms with Crippen molar-refractivity contribution in [3.8, 4) is 0 Å². The summed E-state index contributed by atoms with van der Waals surface area (Å²) in [6, 6.07) is 7.49. The van der Waals surface area contributed by atoms with Gasteiger partial charge in [0.1, 0.15) is 11.2 Å². The molecule has 3 atom stereocenters. The van der Waals surface area contributed by atoms with Crippen LogP contribution in [0.3, 0.4) is 0 Å². The Bertz CT molecular complexity index is 463. The van der Waals surface area contributed by atoms with Crippen LogP contribution in [-0.2, 0) is 14.7 Å². The molecular weight excluding hydrogens is 263 g/mol. The molecule has 0 bridgehead atoms. The van der Waals surface area contributed by atoms with Crippen LogP contribution >= 0.6 is 8.25 Å². The van der Waals surface area contributed by atoms with Gasteiger partial charge in [0.05, 0.1) is 0 Å². The van der Waals surface area contributed by atoms with Crippen molar-refractivity contribution in [2.45, 2.75) is 51.7 Å². The van der Waals surface area contributed by atoms with Crippen molar-refractivity contribution in [3.05, 3.63) is 35.4 Å². The summed E-state index contributed by atoms with van der Waals surface area (Å²) in [5, 5.41) is 11.1. The van der Waals surface area contributed by atoms with E-state index in [-0.39, 0.29) is 0 Å². The molecule has 0 heterocycles. The molecule has 0 amide bonds. The third-order valence-electron chi connectivity index (χ3n) is 3.96. The lowest BCUT2D eigenvalue weighted by molar-refractivity contribution is -0.137. The molecule has 1 aromatic carbocycles. The fourth-order valence-corrected chi connectivity index (χ4v) is 3.23. The van der Waals surface area contributed by atoms with Crippen LogP contribution in [0.4, 0.5) is 0 Å². The molecule has 19 heavy (non-hydrogen) atoms. The van der Waals surface area contributed by atoms with E-state index in [4.69, 9.17) is 9.42 Å². The Morgan fingerprint density at radius 2 is 1.84 bits per heavy atom. The van der Waals surface area contributed by atoms with Crippen molar-refractivity contribution in [3.63, 3.8) is 0 Å². The van der Waals surface area contributed by atoms with Crippen LogP contribution < -0.4 is 0 Å². The smallest absolute Gasteiger partial charge is 0.317 e. The second kappa shape index (κ2) is 6.19. The second-order valence-corrected chi connectivity index (χ2v) is 5.72. The maximum Gasteiger partial charge on any atom is 0.317 e. The molecule has 108 valence electrons. The van der Waals surface area contributed by atoms with Crippen molar-refractivity contribution in [2.75, 3.05) is 0 Å². The van der Waals surface area contributed by atoms with E-state index in [1.165, 1.54) is 0 Å². The molecular formula is C14H23O4P. The van der Waals surface area contributed by atoms with E-state index >= 15 is 0 Å². The normalized spacial score (nSPS) is 19.5. The molecule has 5 heteroatoms. The summed E-state index contributed by atoms with van der Waals surface area (Å²) in [6.07, 6.45) is 0.833. The van der Waals surface area contributed by atoms with E-state index in [0.717, 1.165) is 11.1 Å². The maximum absolute atomic E-state index is 11.1. The van der Waals surface area contributed by atoms with Crippen molar-refractivity contribution >= 4 is 8.25 Å². The molecule has 0 fully saturated rings. The number of aliphatic hydroxyl groups is 1. The lowest BCUT2D eigenvalue weighted by Gasteiger charge is -2.44. The third kappa shape index (κ3) is 3.09. The van der Waals surface area contributed by atoms with E-state index in [1.807, 2.05) is 45.0 Å². The Hall–Kier alpha value is -0.670. The van der Waals surface area contributed by atoms with Gasteiger partial charge in [-0.2, -0.15) is 0 Å². The number of rotatable bonds is 6. The Balaban J connectivity index is 3.36. The summed E-state index contributed by atoms with van der Waals surface area (Å²) >= 11 is 0. The molecule has 1 rings (SSSR count). The molecule has 3 unspecified atom stereocenters. The number of aryl methyl sites for hydroxylation is 1. The van der Waals surface area contributed by atoms with Crippen molar-refractivity contribution in [1.29, 1.82) is 0 Å². The summed E-state index contributed by atoms with van der Waals surface area (Å²) in [6.45, 7) is 7.28. The summed E-state index contributed by atoms with van der Waals surface area (Å²) in [5.41, 5.74) is -0.715. The molecule has 2 N–H and O–H groups in total. The molecule has 0 aromatic heterocycles. The summed E-state index contributed by atoms with van der Waals surface area (Å²) in [4.78, 5) is 9.11. The minimum atomic E-state index is -3.13. The Kier molecular flexibility index (Phi) is 5.34. The highest BCUT2D eigenvalue weighted by molar-refractivity contribution is 7.32. The van der Waals surface area contributed by atoms with Crippen LogP contribution in [0, 0.1) is 6.92 Å². The molecule has 0 aliphatic heterocycles. The van der Waals surface area contributed by atoms with Crippen LogP contribution in [0.15, 0.2) is 24.3 Å². The number of benzene rings is 1. The minimum absolute atomic E-state index is 0.400. The highest BCUT2D eigenvalue weighted by Crippen LogP contribution is 2.45. The second-order valence-electron chi connectivity index (χ2n) is 4.98. The van der Waals surface area contributed by atoms with Gasteiger partial charge in [-0.15, -0.1) is 0 Å². The van der Waals surface area contributed by atoms with Gasteiger partial charge in [0.25, 0.3) is 0 Å². The zero-order valence-corrected chi connectivity index (χ0v) is 12.9. The molecule has 0 aliphatic carbocycles. The van der Waals surface area contributed by atoms with Gasteiger partial charge >= 0.3 is 8.25 Å². The predicted octanol–water partition coefficient (Wildman–Crippen LogP) is 3.16. The van der Waals surface area contributed by atoms with Gasteiger partial charge in [-0.25, -0.2) is 0 Å². The number of hydrogen-bond acceptors (Lipinski definition) is 3. The van der Waals surface area contributed by atoms with Crippen LogP contribution in [-0.4, -0.2) is 15.6 Å². The fourth-order valence-electron chi connectivity index (χ4n) is 2.53. The first-order valence-electron chi connectivity index (χ1n) is 6.51. The van der Waals surface area contributed by atoms with E-state index in [1.54, 1.807) is 6.92 Å². The molecule has 1 aromatic rings. The van der Waals surface area contributed by atoms with E-state index in [9.17, 15) is 9.67 Å². The number of hydrogen-bond donors (Lipinski definition) is 2. The van der Waals surface area contributed by atoms with Gasteiger partial charge in [0.2, 0.25) is 0 Å². The third-order valence-corrected chi connectivity index (χ3v) is 4.59. The molecule has 0 radical (unpaired) electrons. The molecule has 0 aliphatic rings.